The van der Waals surface area contributed by atoms with E-state index < -0.39 is 10.0 Å². The molecule has 0 radical (unpaired) electrons. The first-order valence-corrected chi connectivity index (χ1v) is 6.93. The lowest BCUT2D eigenvalue weighted by atomic mass is 10.4. The lowest BCUT2D eigenvalue weighted by Crippen LogP contribution is -2.15. The molecule has 0 unspecified atom stereocenters. The summed E-state index contributed by atoms with van der Waals surface area (Å²) >= 11 is 0. The Morgan fingerprint density at radius 1 is 1.31 bits per heavy atom. The van der Waals surface area contributed by atoms with Crippen molar-refractivity contribution >= 4 is 21.5 Å². The minimum Gasteiger partial charge on any atom is -0.384 e. The van der Waals surface area contributed by atoms with Gasteiger partial charge in [-0.2, -0.15) is 0 Å². The molecule has 0 aliphatic rings. The molecule has 6 heteroatoms. The minimum absolute atomic E-state index is 0.0461. The van der Waals surface area contributed by atoms with Crippen molar-refractivity contribution in [3.05, 3.63) is 18.3 Å². The lowest BCUT2D eigenvalue weighted by molar-refractivity contribution is 0.602. The van der Waals surface area contributed by atoms with Crippen LogP contribution >= 0.6 is 0 Å². The molecule has 0 aliphatic carbocycles. The molecule has 0 bridgehead atoms. The van der Waals surface area contributed by atoms with Crippen molar-refractivity contribution in [2.45, 2.75) is 20.3 Å². The van der Waals surface area contributed by atoms with E-state index in [1.54, 1.807) is 25.3 Å². The molecule has 0 fully saturated rings. The number of nitrogens with zero attached hydrogens (tertiary/aromatic N) is 1. The van der Waals surface area contributed by atoms with E-state index in [-0.39, 0.29) is 5.75 Å². The maximum atomic E-state index is 11.3. The molecule has 0 spiro atoms. The molecule has 0 saturated heterocycles. The van der Waals surface area contributed by atoms with Crippen LogP contribution in [0.3, 0.4) is 0 Å². The van der Waals surface area contributed by atoms with Crippen LogP contribution in [0.1, 0.15) is 20.3 Å². The van der Waals surface area contributed by atoms with Crippen molar-refractivity contribution in [3.63, 3.8) is 0 Å². The molecule has 0 aromatic carbocycles. The highest BCUT2D eigenvalue weighted by atomic mass is 32.2. The van der Waals surface area contributed by atoms with Gasteiger partial charge in [0, 0.05) is 6.54 Å². The van der Waals surface area contributed by atoms with Crippen molar-refractivity contribution in [2.75, 3.05) is 22.3 Å². The monoisotopic (exact) mass is 243 g/mol. The van der Waals surface area contributed by atoms with Gasteiger partial charge in [0.25, 0.3) is 0 Å². The number of aromatic nitrogens is 1. The zero-order chi connectivity index (χ0) is 12.0. The van der Waals surface area contributed by atoms with Crippen molar-refractivity contribution in [3.8, 4) is 0 Å². The van der Waals surface area contributed by atoms with Gasteiger partial charge in [-0.1, -0.05) is 6.92 Å². The summed E-state index contributed by atoms with van der Waals surface area (Å²) in [7, 11) is -3.24. The van der Waals surface area contributed by atoms with Crippen molar-refractivity contribution in [1.29, 1.82) is 0 Å². The number of nitrogens with one attached hydrogen (secondary N) is 2. The van der Waals surface area contributed by atoms with Crippen LogP contribution < -0.4 is 10.0 Å². The summed E-state index contributed by atoms with van der Waals surface area (Å²) in [6, 6.07) is 3.45. The van der Waals surface area contributed by atoms with Crippen LogP contribution in [0.25, 0.3) is 0 Å². The Labute approximate surface area is 96.3 Å². The normalized spacial score (nSPS) is 11.1. The van der Waals surface area contributed by atoms with Gasteiger partial charge in [-0.05, 0) is 25.5 Å². The Kier molecular flexibility index (Phi) is 4.54. The first kappa shape index (κ1) is 12.8. The van der Waals surface area contributed by atoms with Crippen LogP contribution in [0.5, 0.6) is 0 Å². The van der Waals surface area contributed by atoms with Gasteiger partial charge < -0.3 is 5.32 Å². The predicted molar refractivity (Wildman–Crippen MR) is 66.1 cm³/mol. The standard InChI is InChI=1S/C10H17N3O2S/c1-3-7-11-9-5-6-10(12-8-9)13-16(14,15)4-2/h5-6,8,11H,3-4,7H2,1-2H3,(H,12,13). The Morgan fingerprint density at radius 3 is 2.56 bits per heavy atom. The maximum absolute atomic E-state index is 11.3. The average molecular weight is 243 g/mol. The first-order valence-electron chi connectivity index (χ1n) is 5.28. The summed E-state index contributed by atoms with van der Waals surface area (Å²) in [5.74, 6) is 0.397. The third-order valence-corrected chi connectivity index (χ3v) is 3.26. The van der Waals surface area contributed by atoms with E-state index in [1.165, 1.54) is 0 Å². The topological polar surface area (TPSA) is 71.1 Å². The zero-order valence-electron chi connectivity index (χ0n) is 9.53. The molecule has 1 aromatic rings. The van der Waals surface area contributed by atoms with Crippen LogP contribution in [0.4, 0.5) is 11.5 Å². The molecule has 0 atom stereocenters. The van der Waals surface area contributed by atoms with Gasteiger partial charge in [0.15, 0.2) is 0 Å². The van der Waals surface area contributed by atoms with E-state index in [4.69, 9.17) is 0 Å². The minimum atomic E-state index is -3.24. The summed E-state index contributed by atoms with van der Waals surface area (Å²) in [6.45, 7) is 4.53. The molecule has 0 aliphatic heterocycles. The molecule has 0 saturated carbocycles. The number of hydrogen-bond acceptors (Lipinski definition) is 4. The highest BCUT2D eigenvalue weighted by molar-refractivity contribution is 7.92. The molecule has 1 heterocycles. The molecule has 5 nitrogen and oxygen atoms in total. The second-order valence-electron chi connectivity index (χ2n) is 3.36. The van der Waals surface area contributed by atoms with Gasteiger partial charge in [0.2, 0.25) is 10.0 Å². The summed E-state index contributed by atoms with van der Waals surface area (Å²) in [5, 5.41) is 3.16. The second-order valence-corrected chi connectivity index (χ2v) is 5.38. The van der Waals surface area contributed by atoms with Crippen molar-refractivity contribution < 1.29 is 8.42 Å². The maximum Gasteiger partial charge on any atom is 0.233 e. The highest BCUT2D eigenvalue weighted by Gasteiger charge is 2.06. The summed E-state index contributed by atoms with van der Waals surface area (Å²) in [5.41, 5.74) is 0.890. The van der Waals surface area contributed by atoms with Crippen LogP contribution in [0.2, 0.25) is 0 Å². The van der Waals surface area contributed by atoms with Gasteiger partial charge >= 0.3 is 0 Å². The number of pyridine rings is 1. The van der Waals surface area contributed by atoms with Gasteiger partial charge in [-0.15, -0.1) is 0 Å². The van der Waals surface area contributed by atoms with Gasteiger partial charge in [0.05, 0.1) is 17.6 Å². The SMILES string of the molecule is CCCNc1ccc(NS(=O)(=O)CC)nc1. The smallest absolute Gasteiger partial charge is 0.233 e. The van der Waals surface area contributed by atoms with Crippen LogP contribution in [-0.4, -0.2) is 25.7 Å². The van der Waals surface area contributed by atoms with E-state index in [0.717, 1.165) is 18.7 Å². The average Bonchev–Trinajstić information content (AvgIpc) is 2.28. The van der Waals surface area contributed by atoms with Crippen LogP contribution in [0, 0.1) is 0 Å². The Balaban J connectivity index is 2.65. The molecular formula is C10H17N3O2S. The van der Waals surface area contributed by atoms with E-state index in [1.807, 2.05) is 0 Å². The molecular weight excluding hydrogens is 226 g/mol. The molecule has 0 amide bonds. The van der Waals surface area contributed by atoms with Gasteiger partial charge in [0.1, 0.15) is 5.82 Å². The molecule has 1 aromatic heterocycles. The fourth-order valence-electron chi connectivity index (χ4n) is 1.06. The van der Waals surface area contributed by atoms with E-state index in [9.17, 15) is 8.42 Å². The first-order chi connectivity index (χ1) is 7.57. The third-order valence-electron chi connectivity index (χ3n) is 1.98. The second kappa shape index (κ2) is 5.69. The van der Waals surface area contributed by atoms with Crippen molar-refractivity contribution in [2.24, 2.45) is 0 Å². The molecule has 16 heavy (non-hydrogen) atoms. The van der Waals surface area contributed by atoms with Crippen molar-refractivity contribution in [1.82, 2.24) is 4.98 Å². The molecule has 1 rings (SSSR count). The van der Waals surface area contributed by atoms with E-state index >= 15 is 0 Å². The third kappa shape index (κ3) is 4.06. The lowest BCUT2D eigenvalue weighted by Gasteiger charge is -2.07. The summed E-state index contributed by atoms with van der Waals surface area (Å²) in [4.78, 5) is 4.01. The van der Waals surface area contributed by atoms with Crippen LogP contribution in [-0.2, 0) is 10.0 Å². The number of sulfonamides is 1. The quantitative estimate of drug-likeness (QED) is 0.797. The Morgan fingerprint density at radius 2 is 2.06 bits per heavy atom. The summed E-state index contributed by atoms with van der Waals surface area (Å²) < 4.78 is 24.9. The Hall–Kier alpha value is -1.30. The number of hydrogen-bond donors (Lipinski definition) is 2. The van der Waals surface area contributed by atoms with Crippen LogP contribution in [0.15, 0.2) is 18.3 Å². The van der Waals surface area contributed by atoms with Gasteiger partial charge in [-0.3, -0.25) is 4.72 Å². The number of anilines is 2. The fourth-order valence-corrected chi connectivity index (χ4v) is 1.64. The van der Waals surface area contributed by atoms with E-state index in [0.29, 0.717) is 5.82 Å². The predicted octanol–water partition coefficient (Wildman–Crippen LogP) is 1.67. The summed E-state index contributed by atoms with van der Waals surface area (Å²) in [6.07, 6.45) is 2.65. The highest BCUT2D eigenvalue weighted by Crippen LogP contribution is 2.10. The largest absolute Gasteiger partial charge is 0.384 e. The Bertz CT molecular complexity index is 414. The van der Waals surface area contributed by atoms with E-state index in [2.05, 4.69) is 21.9 Å². The number of rotatable bonds is 6. The zero-order valence-corrected chi connectivity index (χ0v) is 10.3. The molecule has 2 N–H and O–H groups in total. The fraction of sp³-hybridized carbons (Fsp3) is 0.500. The molecule has 90 valence electrons. The van der Waals surface area contributed by atoms with Gasteiger partial charge in [-0.25, -0.2) is 13.4 Å².